The Kier molecular flexibility index (Phi) is 24.4. The van der Waals surface area contributed by atoms with Crippen LogP contribution >= 0.6 is 0 Å². The molecule has 0 aromatic carbocycles. The van der Waals surface area contributed by atoms with Gasteiger partial charge in [-0.15, -0.1) is 0 Å². The van der Waals surface area contributed by atoms with Gasteiger partial charge in [-0.25, -0.2) is 0 Å². The average Bonchev–Trinajstić information content (AvgIpc) is 2.86. The molecule has 1 rings (SSSR count). The van der Waals surface area contributed by atoms with Gasteiger partial charge in [-0.1, -0.05) is 155 Å². The van der Waals surface area contributed by atoms with Gasteiger partial charge in [0.15, 0.2) is 6.29 Å². The minimum absolute atomic E-state index is 0.0964. The molecule has 2 unspecified atom stereocenters. The van der Waals surface area contributed by atoms with Crippen LogP contribution in [0.1, 0.15) is 181 Å². The van der Waals surface area contributed by atoms with E-state index in [0.717, 1.165) is 25.6 Å². The summed E-state index contributed by atoms with van der Waals surface area (Å²) in [6.45, 7) is 6.56. The van der Waals surface area contributed by atoms with Crippen LogP contribution in [-0.4, -0.2) is 19.5 Å². The number of ether oxygens (including phenoxy) is 2. The van der Waals surface area contributed by atoms with Crippen molar-refractivity contribution in [1.29, 1.82) is 0 Å². The lowest BCUT2D eigenvalue weighted by atomic mass is 9.96. The van der Waals surface area contributed by atoms with E-state index < -0.39 is 0 Å². The summed E-state index contributed by atoms with van der Waals surface area (Å²) in [6.07, 6.45) is 36.7. The molecule has 1 saturated heterocycles. The van der Waals surface area contributed by atoms with Crippen LogP contribution in [0.25, 0.3) is 0 Å². The molecule has 34 heavy (non-hydrogen) atoms. The highest BCUT2D eigenvalue weighted by molar-refractivity contribution is 4.57. The monoisotopic (exact) mass is 480 g/mol. The molecule has 0 saturated carbocycles. The Morgan fingerprint density at radius 2 is 1.03 bits per heavy atom. The van der Waals surface area contributed by atoms with Gasteiger partial charge in [-0.3, -0.25) is 0 Å². The molecule has 1 aliphatic rings. The standard InChI is InChI=1S/C32H64O2/c1-3-4-5-6-7-8-9-10-11-12-13-14-15-16-18-21-26-31(2)27-22-19-17-20-24-29-33-32-28-23-25-30-34-32/h31-32H,3-30H2,1-2H3. The van der Waals surface area contributed by atoms with Gasteiger partial charge in [0.2, 0.25) is 0 Å². The molecular weight excluding hydrogens is 416 g/mol. The molecule has 204 valence electrons. The molecule has 0 N–H and O–H groups in total. The Labute approximate surface area is 215 Å². The number of hydrogen-bond donors (Lipinski definition) is 0. The van der Waals surface area contributed by atoms with Crippen molar-refractivity contribution < 1.29 is 9.47 Å². The zero-order chi connectivity index (χ0) is 24.4. The van der Waals surface area contributed by atoms with Gasteiger partial charge in [0.25, 0.3) is 0 Å². The fourth-order valence-electron chi connectivity index (χ4n) is 5.37. The van der Waals surface area contributed by atoms with Crippen LogP contribution in [0, 0.1) is 5.92 Å². The van der Waals surface area contributed by atoms with Crippen molar-refractivity contribution in [3.63, 3.8) is 0 Å². The summed E-state index contributed by atoms with van der Waals surface area (Å²) in [7, 11) is 0. The maximum Gasteiger partial charge on any atom is 0.157 e. The molecule has 1 aliphatic heterocycles. The van der Waals surface area contributed by atoms with E-state index in [1.165, 1.54) is 161 Å². The third-order valence-electron chi connectivity index (χ3n) is 7.83. The summed E-state index contributed by atoms with van der Waals surface area (Å²) < 4.78 is 11.4. The van der Waals surface area contributed by atoms with Crippen LogP contribution in [0.4, 0.5) is 0 Å². The number of hydrogen-bond acceptors (Lipinski definition) is 2. The number of unbranched alkanes of at least 4 members (excludes halogenated alkanes) is 19. The average molecular weight is 481 g/mol. The third kappa shape index (κ3) is 22.4. The molecule has 0 aromatic rings. The molecule has 2 heteroatoms. The molecular formula is C32H64O2. The lowest BCUT2D eigenvalue weighted by molar-refractivity contribution is -0.162. The SMILES string of the molecule is CCCCCCCCCCCCCCCCCCC(C)CCCCCCCOC1CCCCO1. The van der Waals surface area contributed by atoms with Crippen molar-refractivity contribution in [2.45, 2.75) is 187 Å². The number of rotatable bonds is 26. The fraction of sp³-hybridized carbons (Fsp3) is 1.00. The van der Waals surface area contributed by atoms with Crippen LogP contribution in [0.5, 0.6) is 0 Å². The Bertz CT molecular complexity index is 377. The first-order chi connectivity index (χ1) is 16.8. The summed E-state index contributed by atoms with van der Waals surface area (Å²) in [5, 5.41) is 0. The maximum absolute atomic E-state index is 5.83. The maximum atomic E-state index is 5.83. The Balaban J connectivity index is 1.69. The van der Waals surface area contributed by atoms with E-state index in [2.05, 4.69) is 13.8 Å². The second-order valence-corrected chi connectivity index (χ2v) is 11.4. The minimum Gasteiger partial charge on any atom is -0.353 e. The first-order valence-electron chi connectivity index (χ1n) is 16.1. The minimum atomic E-state index is 0.0964. The predicted octanol–water partition coefficient (Wildman–Crippen LogP) is 11.2. The molecule has 0 aliphatic carbocycles. The fourth-order valence-corrected chi connectivity index (χ4v) is 5.37. The van der Waals surface area contributed by atoms with Gasteiger partial charge in [-0.2, -0.15) is 0 Å². The van der Waals surface area contributed by atoms with E-state index in [-0.39, 0.29) is 6.29 Å². The van der Waals surface area contributed by atoms with E-state index >= 15 is 0 Å². The quantitative estimate of drug-likeness (QED) is 0.115. The van der Waals surface area contributed by atoms with Crippen molar-refractivity contribution in [2.24, 2.45) is 5.92 Å². The lowest BCUT2D eigenvalue weighted by Gasteiger charge is -2.22. The lowest BCUT2D eigenvalue weighted by Crippen LogP contribution is -2.22. The summed E-state index contributed by atoms with van der Waals surface area (Å²) in [4.78, 5) is 0. The van der Waals surface area contributed by atoms with Gasteiger partial charge in [0.1, 0.15) is 0 Å². The van der Waals surface area contributed by atoms with Crippen LogP contribution in [0.3, 0.4) is 0 Å². The topological polar surface area (TPSA) is 18.5 Å². The molecule has 0 amide bonds. The third-order valence-corrected chi connectivity index (χ3v) is 7.83. The zero-order valence-corrected chi connectivity index (χ0v) is 23.8. The first-order valence-corrected chi connectivity index (χ1v) is 16.1. The van der Waals surface area contributed by atoms with Gasteiger partial charge in [0, 0.05) is 13.2 Å². The van der Waals surface area contributed by atoms with Gasteiger partial charge in [0.05, 0.1) is 0 Å². The second-order valence-electron chi connectivity index (χ2n) is 11.4. The van der Waals surface area contributed by atoms with Crippen molar-refractivity contribution in [1.82, 2.24) is 0 Å². The summed E-state index contributed by atoms with van der Waals surface area (Å²) >= 11 is 0. The summed E-state index contributed by atoms with van der Waals surface area (Å²) in [5.74, 6) is 0.929. The molecule has 0 spiro atoms. The van der Waals surface area contributed by atoms with Crippen molar-refractivity contribution in [2.75, 3.05) is 13.2 Å². The highest BCUT2D eigenvalue weighted by atomic mass is 16.7. The molecule has 2 atom stereocenters. The molecule has 1 fully saturated rings. The van der Waals surface area contributed by atoms with E-state index in [1.54, 1.807) is 0 Å². The summed E-state index contributed by atoms with van der Waals surface area (Å²) in [6, 6.07) is 0. The van der Waals surface area contributed by atoms with Crippen molar-refractivity contribution in [3.05, 3.63) is 0 Å². The van der Waals surface area contributed by atoms with Crippen LogP contribution in [-0.2, 0) is 9.47 Å². The zero-order valence-electron chi connectivity index (χ0n) is 23.8. The van der Waals surface area contributed by atoms with Crippen molar-refractivity contribution >= 4 is 0 Å². The van der Waals surface area contributed by atoms with Gasteiger partial charge in [-0.05, 0) is 31.6 Å². The highest BCUT2D eigenvalue weighted by Crippen LogP contribution is 2.19. The van der Waals surface area contributed by atoms with E-state index in [1.807, 2.05) is 0 Å². The Morgan fingerprint density at radius 1 is 0.588 bits per heavy atom. The first kappa shape index (κ1) is 31.9. The molecule has 2 nitrogen and oxygen atoms in total. The second kappa shape index (κ2) is 26.0. The van der Waals surface area contributed by atoms with Gasteiger partial charge >= 0.3 is 0 Å². The molecule has 0 aromatic heterocycles. The molecule has 0 bridgehead atoms. The largest absolute Gasteiger partial charge is 0.353 e. The van der Waals surface area contributed by atoms with Crippen LogP contribution < -0.4 is 0 Å². The highest BCUT2D eigenvalue weighted by Gasteiger charge is 2.13. The van der Waals surface area contributed by atoms with Crippen LogP contribution in [0.2, 0.25) is 0 Å². The van der Waals surface area contributed by atoms with Crippen molar-refractivity contribution in [3.8, 4) is 0 Å². The summed E-state index contributed by atoms with van der Waals surface area (Å²) in [5.41, 5.74) is 0. The van der Waals surface area contributed by atoms with E-state index in [4.69, 9.17) is 9.47 Å². The predicted molar refractivity (Wildman–Crippen MR) is 151 cm³/mol. The normalized spacial score (nSPS) is 17.3. The molecule has 1 heterocycles. The Morgan fingerprint density at radius 3 is 1.47 bits per heavy atom. The van der Waals surface area contributed by atoms with E-state index in [9.17, 15) is 0 Å². The smallest absolute Gasteiger partial charge is 0.157 e. The van der Waals surface area contributed by atoms with Gasteiger partial charge < -0.3 is 9.47 Å². The van der Waals surface area contributed by atoms with Crippen LogP contribution in [0.15, 0.2) is 0 Å². The molecule has 0 radical (unpaired) electrons. The Hall–Kier alpha value is -0.0800. The van der Waals surface area contributed by atoms with E-state index in [0.29, 0.717) is 0 Å².